The van der Waals surface area contributed by atoms with E-state index in [-0.39, 0.29) is 5.84 Å². The van der Waals surface area contributed by atoms with Crippen LogP contribution >= 0.6 is 0 Å². The van der Waals surface area contributed by atoms with Gasteiger partial charge in [-0.05, 0) is 31.5 Å². The van der Waals surface area contributed by atoms with Crippen molar-refractivity contribution in [1.29, 1.82) is 0 Å². The second-order valence-corrected chi connectivity index (χ2v) is 4.62. The largest absolute Gasteiger partial charge is 0.490 e. The molecule has 1 aromatic rings. The maximum Gasteiger partial charge on any atom is 0.170 e. The second-order valence-electron chi connectivity index (χ2n) is 4.62. The van der Waals surface area contributed by atoms with Gasteiger partial charge in [-0.25, -0.2) is 0 Å². The van der Waals surface area contributed by atoms with E-state index in [9.17, 15) is 0 Å². The molecular weight excluding hydrogens is 260 g/mol. The predicted molar refractivity (Wildman–Crippen MR) is 74.5 cm³/mol. The van der Waals surface area contributed by atoms with Gasteiger partial charge in [-0.2, -0.15) is 0 Å². The molecule has 0 aliphatic carbocycles. The Morgan fingerprint density at radius 1 is 1.45 bits per heavy atom. The van der Waals surface area contributed by atoms with Crippen molar-refractivity contribution in [2.75, 3.05) is 26.4 Å². The van der Waals surface area contributed by atoms with Gasteiger partial charge in [0, 0.05) is 18.1 Å². The van der Waals surface area contributed by atoms with Crippen LogP contribution in [0.25, 0.3) is 0 Å². The average Bonchev–Trinajstić information content (AvgIpc) is 2.98. The first-order valence-electron chi connectivity index (χ1n) is 6.70. The van der Waals surface area contributed by atoms with Gasteiger partial charge < -0.3 is 25.2 Å². The highest BCUT2D eigenvalue weighted by atomic mass is 16.5. The summed E-state index contributed by atoms with van der Waals surface area (Å²) < 4.78 is 16.6. The number of oxime groups is 1. The number of amidine groups is 1. The Kier molecular flexibility index (Phi) is 5.06. The Bertz CT molecular complexity index is 470. The zero-order chi connectivity index (χ0) is 14.4. The third-order valence-corrected chi connectivity index (χ3v) is 3.15. The molecular formula is C14H20N2O4. The average molecular weight is 280 g/mol. The summed E-state index contributed by atoms with van der Waals surface area (Å²) in [4.78, 5) is 0. The van der Waals surface area contributed by atoms with Crippen LogP contribution < -0.4 is 15.2 Å². The van der Waals surface area contributed by atoms with E-state index < -0.39 is 0 Å². The molecule has 0 spiro atoms. The minimum atomic E-state index is 0.0432. The van der Waals surface area contributed by atoms with Gasteiger partial charge in [0.05, 0.1) is 19.8 Å². The molecule has 20 heavy (non-hydrogen) atoms. The molecule has 0 radical (unpaired) electrons. The van der Waals surface area contributed by atoms with Crippen LogP contribution in [0.3, 0.4) is 0 Å². The van der Waals surface area contributed by atoms with Gasteiger partial charge in [0.25, 0.3) is 0 Å². The standard InChI is InChI=1S/C14H20N2O4/c1-2-19-13-7-11(14(15)16-17)3-4-12(13)20-9-10-5-6-18-8-10/h3-4,7,10,17H,2,5-6,8-9H2,1H3,(H2,15,16). The SMILES string of the molecule is CCOc1cc(C(N)=NO)ccc1OCC1CCOC1. The van der Waals surface area contributed by atoms with Crippen LogP contribution in [0.2, 0.25) is 0 Å². The Morgan fingerprint density at radius 2 is 2.30 bits per heavy atom. The van der Waals surface area contributed by atoms with Gasteiger partial charge in [0.2, 0.25) is 0 Å². The van der Waals surface area contributed by atoms with E-state index in [1.54, 1.807) is 18.2 Å². The highest BCUT2D eigenvalue weighted by molar-refractivity contribution is 5.97. The molecule has 1 aliphatic heterocycles. The van der Waals surface area contributed by atoms with Crippen molar-refractivity contribution in [1.82, 2.24) is 0 Å². The third-order valence-electron chi connectivity index (χ3n) is 3.15. The van der Waals surface area contributed by atoms with Crippen LogP contribution in [0.1, 0.15) is 18.9 Å². The Labute approximate surface area is 118 Å². The zero-order valence-corrected chi connectivity index (χ0v) is 11.5. The van der Waals surface area contributed by atoms with Crippen molar-refractivity contribution >= 4 is 5.84 Å². The molecule has 110 valence electrons. The predicted octanol–water partition coefficient (Wildman–Crippen LogP) is 1.60. The lowest BCUT2D eigenvalue weighted by atomic mass is 10.1. The van der Waals surface area contributed by atoms with Crippen molar-refractivity contribution in [2.24, 2.45) is 16.8 Å². The fraction of sp³-hybridized carbons (Fsp3) is 0.500. The number of nitrogens with two attached hydrogens (primary N) is 1. The fourth-order valence-electron chi connectivity index (χ4n) is 2.04. The van der Waals surface area contributed by atoms with Crippen LogP contribution in [0.5, 0.6) is 11.5 Å². The van der Waals surface area contributed by atoms with Crippen molar-refractivity contribution in [3.05, 3.63) is 23.8 Å². The second kappa shape index (κ2) is 7.00. The van der Waals surface area contributed by atoms with Crippen LogP contribution in [-0.4, -0.2) is 37.5 Å². The Balaban J connectivity index is 2.09. The summed E-state index contributed by atoms with van der Waals surface area (Å²) in [7, 11) is 0. The normalized spacial score (nSPS) is 19.1. The highest BCUT2D eigenvalue weighted by Gasteiger charge is 2.17. The van der Waals surface area contributed by atoms with Crippen molar-refractivity contribution in [2.45, 2.75) is 13.3 Å². The maximum absolute atomic E-state index is 8.70. The van der Waals surface area contributed by atoms with Crippen molar-refractivity contribution in [3.8, 4) is 11.5 Å². The van der Waals surface area contributed by atoms with Crippen LogP contribution in [0, 0.1) is 5.92 Å². The lowest BCUT2D eigenvalue weighted by Gasteiger charge is -2.15. The van der Waals surface area contributed by atoms with Gasteiger partial charge in [-0.1, -0.05) is 5.16 Å². The molecule has 6 nitrogen and oxygen atoms in total. The first-order valence-corrected chi connectivity index (χ1v) is 6.70. The molecule has 1 atom stereocenters. The summed E-state index contributed by atoms with van der Waals surface area (Å²) in [5.41, 5.74) is 6.16. The molecule has 3 N–H and O–H groups in total. The molecule has 1 aromatic carbocycles. The molecule has 1 fully saturated rings. The summed E-state index contributed by atoms with van der Waals surface area (Å²) in [5, 5.41) is 11.7. The van der Waals surface area contributed by atoms with Gasteiger partial charge in [0.15, 0.2) is 17.3 Å². The first-order chi connectivity index (χ1) is 9.74. The van der Waals surface area contributed by atoms with E-state index >= 15 is 0 Å². The molecule has 0 bridgehead atoms. The molecule has 1 saturated heterocycles. The lowest BCUT2D eigenvalue weighted by Crippen LogP contribution is -2.15. The smallest absolute Gasteiger partial charge is 0.170 e. The number of hydrogen-bond donors (Lipinski definition) is 2. The summed E-state index contributed by atoms with van der Waals surface area (Å²) in [6.45, 7) is 4.55. The lowest BCUT2D eigenvalue weighted by molar-refractivity contribution is 0.165. The maximum atomic E-state index is 8.70. The minimum absolute atomic E-state index is 0.0432. The molecule has 0 saturated carbocycles. The molecule has 1 heterocycles. The van der Waals surface area contributed by atoms with Gasteiger partial charge >= 0.3 is 0 Å². The minimum Gasteiger partial charge on any atom is -0.490 e. The fourth-order valence-corrected chi connectivity index (χ4v) is 2.04. The zero-order valence-electron chi connectivity index (χ0n) is 11.5. The summed E-state index contributed by atoms with van der Waals surface area (Å²) in [5.74, 6) is 1.72. The highest BCUT2D eigenvalue weighted by Crippen LogP contribution is 2.29. The molecule has 1 aliphatic rings. The van der Waals surface area contributed by atoms with Gasteiger partial charge in [-0.15, -0.1) is 0 Å². The van der Waals surface area contributed by atoms with Crippen molar-refractivity contribution < 1.29 is 19.4 Å². The summed E-state index contributed by atoms with van der Waals surface area (Å²) in [6.07, 6.45) is 1.02. The Morgan fingerprint density at radius 3 is 2.95 bits per heavy atom. The number of hydrogen-bond acceptors (Lipinski definition) is 5. The monoisotopic (exact) mass is 280 g/mol. The van der Waals surface area contributed by atoms with Crippen molar-refractivity contribution in [3.63, 3.8) is 0 Å². The van der Waals surface area contributed by atoms with E-state index in [1.165, 1.54) is 0 Å². The van der Waals surface area contributed by atoms with Crippen LogP contribution in [0.15, 0.2) is 23.4 Å². The number of benzene rings is 1. The summed E-state index contributed by atoms with van der Waals surface area (Å²) in [6, 6.07) is 5.21. The molecule has 6 heteroatoms. The van der Waals surface area contributed by atoms with Gasteiger partial charge in [-0.3, -0.25) is 0 Å². The van der Waals surface area contributed by atoms with E-state index in [2.05, 4.69) is 5.16 Å². The van der Waals surface area contributed by atoms with E-state index in [1.807, 2.05) is 6.92 Å². The van der Waals surface area contributed by atoms with Crippen LogP contribution in [0.4, 0.5) is 0 Å². The first kappa shape index (κ1) is 14.5. The summed E-state index contributed by atoms with van der Waals surface area (Å²) >= 11 is 0. The molecule has 0 amide bonds. The molecule has 1 unspecified atom stereocenters. The van der Waals surface area contributed by atoms with E-state index in [0.29, 0.717) is 36.2 Å². The van der Waals surface area contributed by atoms with E-state index in [0.717, 1.165) is 19.6 Å². The van der Waals surface area contributed by atoms with E-state index in [4.69, 9.17) is 25.2 Å². The number of ether oxygens (including phenoxy) is 3. The molecule has 2 rings (SSSR count). The Hall–Kier alpha value is -1.95. The topological polar surface area (TPSA) is 86.3 Å². The number of rotatable bonds is 6. The van der Waals surface area contributed by atoms with Gasteiger partial charge in [0.1, 0.15) is 0 Å². The quantitative estimate of drug-likeness (QED) is 0.358. The van der Waals surface area contributed by atoms with Crippen LogP contribution in [-0.2, 0) is 4.74 Å². The number of nitrogens with zero attached hydrogens (tertiary/aromatic N) is 1. The third kappa shape index (κ3) is 3.54. The molecule has 0 aromatic heterocycles.